The molecule has 0 saturated heterocycles. The lowest BCUT2D eigenvalue weighted by atomic mass is 10.2. The molecule has 1 aliphatic rings. The second-order valence-electron chi connectivity index (χ2n) is 5.70. The van der Waals surface area contributed by atoms with Crippen molar-refractivity contribution in [2.24, 2.45) is 4.99 Å². The average Bonchev–Trinajstić information content (AvgIpc) is 3.34. The predicted molar refractivity (Wildman–Crippen MR) is 99.6 cm³/mol. The van der Waals surface area contributed by atoms with Gasteiger partial charge in [-0.1, -0.05) is 24.3 Å². The van der Waals surface area contributed by atoms with E-state index in [1.807, 2.05) is 55.5 Å². The molecule has 0 N–H and O–H groups in total. The number of hydrogen-bond acceptors (Lipinski definition) is 6. The number of rotatable bonds is 5. The molecule has 2 heterocycles. The molecule has 2 aromatic carbocycles. The van der Waals surface area contributed by atoms with E-state index in [-0.39, 0.29) is 11.6 Å². The van der Waals surface area contributed by atoms with E-state index in [0.717, 1.165) is 11.3 Å². The highest BCUT2D eigenvalue weighted by molar-refractivity contribution is 6.13. The Kier molecular flexibility index (Phi) is 4.49. The summed E-state index contributed by atoms with van der Waals surface area (Å²) in [4.78, 5) is 20.5. The van der Waals surface area contributed by atoms with Crippen molar-refractivity contribution in [1.29, 1.82) is 0 Å². The summed E-state index contributed by atoms with van der Waals surface area (Å²) in [7, 11) is 0. The summed E-state index contributed by atoms with van der Waals surface area (Å²) in [5.74, 6) is 0.385. The van der Waals surface area contributed by atoms with Gasteiger partial charge in [0.15, 0.2) is 5.70 Å². The minimum Gasteiger partial charge on any atom is -0.493 e. The highest BCUT2D eigenvalue weighted by atomic mass is 16.6. The SMILES string of the molecule is CCOc1ccccc1C1=N/C(=C\c2ccc(-n3cncn3)cc2)C(=O)O1. The number of esters is 1. The Morgan fingerprint density at radius 1 is 1.15 bits per heavy atom. The van der Waals surface area contributed by atoms with Gasteiger partial charge in [0, 0.05) is 0 Å². The molecule has 0 aliphatic carbocycles. The van der Waals surface area contributed by atoms with Gasteiger partial charge in [-0.05, 0) is 42.8 Å². The van der Waals surface area contributed by atoms with Crippen LogP contribution in [-0.2, 0) is 9.53 Å². The summed E-state index contributed by atoms with van der Waals surface area (Å²) in [6.45, 7) is 2.41. The van der Waals surface area contributed by atoms with Crippen LogP contribution in [0.15, 0.2) is 71.9 Å². The lowest BCUT2D eigenvalue weighted by Gasteiger charge is -2.08. The summed E-state index contributed by atoms with van der Waals surface area (Å²) in [6, 6.07) is 14.9. The summed E-state index contributed by atoms with van der Waals surface area (Å²) in [5, 5.41) is 4.08. The van der Waals surface area contributed by atoms with Gasteiger partial charge >= 0.3 is 5.97 Å². The second kappa shape index (κ2) is 7.25. The Bertz CT molecular complexity index is 1020. The molecule has 0 spiro atoms. The van der Waals surface area contributed by atoms with Gasteiger partial charge in [-0.2, -0.15) is 5.10 Å². The van der Waals surface area contributed by atoms with Crippen molar-refractivity contribution < 1.29 is 14.3 Å². The number of hydrogen-bond donors (Lipinski definition) is 0. The minimum atomic E-state index is -0.489. The van der Waals surface area contributed by atoms with Gasteiger partial charge in [0.05, 0.1) is 17.9 Å². The van der Waals surface area contributed by atoms with Crippen molar-refractivity contribution in [2.45, 2.75) is 6.92 Å². The van der Waals surface area contributed by atoms with Crippen molar-refractivity contribution >= 4 is 17.9 Å². The fourth-order valence-corrected chi connectivity index (χ4v) is 2.67. The fraction of sp³-hybridized carbons (Fsp3) is 0.100. The van der Waals surface area contributed by atoms with Crippen LogP contribution < -0.4 is 4.74 Å². The molecule has 134 valence electrons. The highest BCUT2D eigenvalue weighted by Crippen LogP contribution is 2.25. The first kappa shape index (κ1) is 16.7. The monoisotopic (exact) mass is 360 g/mol. The Balaban J connectivity index is 1.61. The standard InChI is InChI=1S/C20H16N4O3/c1-2-26-18-6-4-3-5-16(18)19-23-17(20(25)27-19)11-14-7-9-15(10-8-14)24-13-21-12-22-24/h3-13H,2H2,1H3/b17-11-. The van der Waals surface area contributed by atoms with Gasteiger partial charge in [-0.25, -0.2) is 19.5 Å². The zero-order valence-corrected chi connectivity index (χ0v) is 14.6. The molecule has 4 rings (SSSR count). The lowest BCUT2D eigenvalue weighted by Crippen LogP contribution is -2.07. The number of carbonyl (C=O) groups is 1. The van der Waals surface area contributed by atoms with Crippen LogP contribution in [-0.4, -0.2) is 33.2 Å². The Hall–Kier alpha value is -3.74. The molecule has 7 heteroatoms. The molecular formula is C20H16N4O3. The van der Waals surface area contributed by atoms with Crippen LogP contribution in [0.2, 0.25) is 0 Å². The van der Waals surface area contributed by atoms with Crippen molar-refractivity contribution in [1.82, 2.24) is 14.8 Å². The molecule has 0 radical (unpaired) electrons. The van der Waals surface area contributed by atoms with Gasteiger partial charge in [-0.15, -0.1) is 0 Å². The molecule has 3 aromatic rings. The maximum Gasteiger partial charge on any atom is 0.363 e. The van der Waals surface area contributed by atoms with Crippen LogP contribution >= 0.6 is 0 Å². The molecular weight excluding hydrogens is 344 g/mol. The highest BCUT2D eigenvalue weighted by Gasteiger charge is 2.26. The zero-order valence-electron chi connectivity index (χ0n) is 14.6. The topological polar surface area (TPSA) is 78.6 Å². The number of aliphatic imine (C=N–C) groups is 1. The maximum atomic E-state index is 12.2. The Labute approximate surface area is 155 Å². The van der Waals surface area contributed by atoms with E-state index in [0.29, 0.717) is 17.9 Å². The normalized spacial score (nSPS) is 14.9. The third kappa shape index (κ3) is 3.48. The van der Waals surface area contributed by atoms with Crippen molar-refractivity contribution in [3.63, 3.8) is 0 Å². The van der Waals surface area contributed by atoms with Gasteiger partial charge in [-0.3, -0.25) is 0 Å². The number of carbonyl (C=O) groups excluding carboxylic acids is 1. The first-order chi connectivity index (χ1) is 13.2. The summed E-state index contributed by atoms with van der Waals surface area (Å²) >= 11 is 0. The Morgan fingerprint density at radius 3 is 2.70 bits per heavy atom. The lowest BCUT2D eigenvalue weighted by molar-refractivity contribution is -0.129. The molecule has 0 saturated carbocycles. The molecule has 27 heavy (non-hydrogen) atoms. The minimum absolute atomic E-state index is 0.241. The summed E-state index contributed by atoms with van der Waals surface area (Å²) in [6.07, 6.45) is 4.78. The molecule has 0 bridgehead atoms. The van der Waals surface area contributed by atoms with E-state index in [2.05, 4.69) is 15.1 Å². The van der Waals surface area contributed by atoms with E-state index >= 15 is 0 Å². The molecule has 7 nitrogen and oxygen atoms in total. The van der Waals surface area contributed by atoms with Crippen LogP contribution in [0.25, 0.3) is 11.8 Å². The number of para-hydroxylation sites is 1. The Morgan fingerprint density at radius 2 is 1.96 bits per heavy atom. The van der Waals surface area contributed by atoms with E-state index in [9.17, 15) is 4.79 Å². The van der Waals surface area contributed by atoms with Gasteiger partial charge in [0.1, 0.15) is 18.4 Å². The predicted octanol–water partition coefficient (Wildman–Crippen LogP) is 3.01. The largest absolute Gasteiger partial charge is 0.493 e. The molecule has 1 aromatic heterocycles. The third-order valence-electron chi connectivity index (χ3n) is 3.92. The van der Waals surface area contributed by atoms with Gasteiger partial charge in [0.25, 0.3) is 0 Å². The van der Waals surface area contributed by atoms with E-state index < -0.39 is 5.97 Å². The number of nitrogens with zero attached hydrogens (tertiary/aromatic N) is 4. The summed E-state index contributed by atoms with van der Waals surface area (Å²) < 4.78 is 12.6. The van der Waals surface area contributed by atoms with Crippen molar-refractivity contribution in [2.75, 3.05) is 6.61 Å². The first-order valence-electron chi connectivity index (χ1n) is 8.44. The zero-order chi connectivity index (χ0) is 18.6. The molecule has 0 amide bonds. The molecule has 0 atom stereocenters. The molecule has 0 fully saturated rings. The van der Waals surface area contributed by atoms with Crippen LogP contribution in [0.3, 0.4) is 0 Å². The first-order valence-corrected chi connectivity index (χ1v) is 8.44. The van der Waals surface area contributed by atoms with Crippen LogP contribution in [0.1, 0.15) is 18.1 Å². The number of aromatic nitrogens is 3. The summed E-state index contributed by atoms with van der Waals surface area (Å²) in [5.41, 5.74) is 2.59. The number of cyclic esters (lactones) is 1. The molecule has 1 aliphatic heterocycles. The van der Waals surface area contributed by atoms with Crippen LogP contribution in [0.5, 0.6) is 5.75 Å². The van der Waals surface area contributed by atoms with Crippen LogP contribution in [0, 0.1) is 0 Å². The smallest absolute Gasteiger partial charge is 0.363 e. The van der Waals surface area contributed by atoms with E-state index in [1.165, 1.54) is 6.33 Å². The fourth-order valence-electron chi connectivity index (χ4n) is 2.67. The number of benzene rings is 2. The second-order valence-corrected chi connectivity index (χ2v) is 5.70. The average molecular weight is 360 g/mol. The van der Waals surface area contributed by atoms with Crippen molar-refractivity contribution in [3.8, 4) is 11.4 Å². The number of ether oxygens (including phenoxy) is 2. The third-order valence-corrected chi connectivity index (χ3v) is 3.92. The van der Waals surface area contributed by atoms with Gasteiger partial charge in [0.2, 0.25) is 5.90 Å². The van der Waals surface area contributed by atoms with Crippen molar-refractivity contribution in [3.05, 3.63) is 78.0 Å². The van der Waals surface area contributed by atoms with E-state index in [1.54, 1.807) is 17.1 Å². The van der Waals surface area contributed by atoms with E-state index in [4.69, 9.17) is 9.47 Å². The van der Waals surface area contributed by atoms with Gasteiger partial charge < -0.3 is 9.47 Å². The maximum absolute atomic E-state index is 12.2. The molecule has 0 unspecified atom stereocenters. The quantitative estimate of drug-likeness (QED) is 0.516. The van der Waals surface area contributed by atoms with Crippen LogP contribution in [0.4, 0.5) is 0 Å².